The van der Waals surface area contributed by atoms with E-state index in [0.29, 0.717) is 5.92 Å². The standard InChI is InChI=1S/C14H18O2/c15-13-11-7-3-1-5-9(11)10-6-2-4-8-12(10)14(13)16/h1,3,5,7,10,12-16H,2,4,6,8H2/t10-,12+,13+,14-/m0/s1. The van der Waals surface area contributed by atoms with Crippen LogP contribution < -0.4 is 0 Å². The van der Waals surface area contributed by atoms with Crippen LogP contribution in [0.15, 0.2) is 24.3 Å². The molecule has 86 valence electrons. The van der Waals surface area contributed by atoms with Gasteiger partial charge in [-0.15, -0.1) is 0 Å². The fourth-order valence-electron chi connectivity index (χ4n) is 3.49. The van der Waals surface area contributed by atoms with E-state index in [1.54, 1.807) is 0 Å². The fourth-order valence-corrected chi connectivity index (χ4v) is 3.49. The predicted octanol–water partition coefficient (Wildman–Crippen LogP) is 2.37. The Bertz CT molecular complexity index is 388. The van der Waals surface area contributed by atoms with Crippen LogP contribution in [0, 0.1) is 5.92 Å². The molecule has 2 nitrogen and oxygen atoms in total. The molecule has 0 saturated heterocycles. The first kappa shape index (κ1) is 10.3. The Labute approximate surface area is 95.9 Å². The normalized spacial score (nSPS) is 37.6. The molecule has 0 amide bonds. The minimum atomic E-state index is -0.685. The van der Waals surface area contributed by atoms with Crippen molar-refractivity contribution in [3.63, 3.8) is 0 Å². The van der Waals surface area contributed by atoms with Crippen molar-refractivity contribution in [2.24, 2.45) is 5.92 Å². The number of aliphatic hydroxyl groups excluding tert-OH is 2. The summed E-state index contributed by atoms with van der Waals surface area (Å²) in [6.45, 7) is 0. The first-order valence-corrected chi connectivity index (χ1v) is 6.24. The van der Waals surface area contributed by atoms with Crippen molar-refractivity contribution in [1.29, 1.82) is 0 Å². The summed E-state index contributed by atoms with van der Waals surface area (Å²) < 4.78 is 0. The van der Waals surface area contributed by atoms with Gasteiger partial charge in [0.25, 0.3) is 0 Å². The number of benzene rings is 1. The van der Waals surface area contributed by atoms with Crippen LogP contribution in [0.5, 0.6) is 0 Å². The Balaban J connectivity index is 2.07. The number of hydrogen-bond donors (Lipinski definition) is 2. The van der Waals surface area contributed by atoms with E-state index in [2.05, 4.69) is 6.07 Å². The van der Waals surface area contributed by atoms with Crippen LogP contribution in [0.3, 0.4) is 0 Å². The minimum absolute atomic E-state index is 0.263. The highest BCUT2D eigenvalue weighted by molar-refractivity contribution is 5.36. The molecule has 0 spiro atoms. The van der Waals surface area contributed by atoms with Crippen molar-refractivity contribution in [3.05, 3.63) is 35.4 Å². The molecule has 2 N–H and O–H groups in total. The van der Waals surface area contributed by atoms with Crippen molar-refractivity contribution in [2.45, 2.75) is 43.8 Å². The zero-order valence-electron chi connectivity index (χ0n) is 9.34. The van der Waals surface area contributed by atoms with E-state index in [-0.39, 0.29) is 5.92 Å². The second-order valence-corrected chi connectivity index (χ2v) is 5.12. The third-order valence-corrected chi connectivity index (χ3v) is 4.30. The first-order chi connectivity index (χ1) is 7.79. The summed E-state index contributed by atoms with van der Waals surface area (Å²) in [5, 5.41) is 20.3. The van der Waals surface area contributed by atoms with E-state index in [4.69, 9.17) is 0 Å². The molecule has 1 aromatic carbocycles. The van der Waals surface area contributed by atoms with Crippen LogP contribution in [-0.4, -0.2) is 16.3 Å². The molecular formula is C14H18O2. The van der Waals surface area contributed by atoms with Gasteiger partial charge in [-0.1, -0.05) is 37.1 Å². The van der Waals surface area contributed by atoms with Gasteiger partial charge in [-0.25, -0.2) is 0 Å². The topological polar surface area (TPSA) is 40.5 Å². The predicted molar refractivity (Wildman–Crippen MR) is 62.1 cm³/mol. The van der Waals surface area contributed by atoms with E-state index >= 15 is 0 Å². The summed E-state index contributed by atoms with van der Waals surface area (Å²) in [4.78, 5) is 0. The molecule has 3 rings (SSSR count). The second kappa shape index (κ2) is 3.86. The highest BCUT2D eigenvalue weighted by atomic mass is 16.3. The third-order valence-electron chi connectivity index (χ3n) is 4.30. The van der Waals surface area contributed by atoms with Crippen LogP contribution in [-0.2, 0) is 0 Å². The largest absolute Gasteiger partial charge is 0.390 e. The molecule has 1 saturated carbocycles. The first-order valence-electron chi connectivity index (χ1n) is 6.24. The molecule has 2 aliphatic carbocycles. The maximum Gasteiger partial charge on any atom is 0.105 e. The van der Waals surface area contributed by atoms with Gasteiger partial charge in [0.15, 0.2) is 0 Å². The molecule has 0 bridgehead atoms. The van der Waals surface area contributed by atoms with Gasteiger partial charge in [-0.05, 0) is 35.8 Å². The number of rotatable bonds is 0. The molecular weight excluding hydrogens is 200 g/mol. The Kier molecular flexibility index (Phi) is 2.49. The monoisotopic (exact) mass is 218 g/mol. The summed E-state index contributed by atoms with van der Waals surface area (Å²) in [6, 6.07) is 8.05. The van der Waals surface area contributed by atoms with Crippen LogP contribution in [0.25, 0.3) is 0 Å². The third kappa shape index (κ3) is 1.40. The molecule has 2 aliphatic rings. The average Bonchev–Trinajstić information content (AvgIpc) is 2.36. The molecule has 0 unspecified atom stereocenters. The van der Waals surface area contributed by atoms with Crippen LogP contribution >= 0.6 is 0 Å². The fraction of sp³-hybridized carbons (Fsp3) is 0.571. The number of aliphatic hydroxyl groups is 2. The van der Waals surface area contributed by atoms with Gasteiger partial charge in [-0.3, -0.25) is 0 Å². The minimum Gasteiger partial charge on any atom is -0.390 e. The smallest absolute Gasteiger partial charge is 0.105 e. The second-order valence-electron chi connectivity index (χ2n) is 5.12. The Morgan fingerprint density at radius 3 is 2.44 bits per heavy atom. The molecule has 0 radical (unpaired) electrons. The molecule has 2 heteroatoms. The Hall–Kier alpha value is -0.860. The van der Waals surface area contributed by atoms with Gasteiger partial charge in [0, 0.05) is 0 Å². The molecule has 0 heterocycles. The van der Waals surface area contributed by atoms with E-state index < -0.39 is 12.2 Å². The lowest BCUT2D eigenvalue weighted by atomic mass is 9.66. The van der Waals surface area contributed by atoms with Crippen molar-refractivity contribution < 1.29 is 10.2 Å². The van der Waals surface area contributed by atoms with Crippen molar-refractivity contribution >= 4 is 0 Å². The van der Waals surface area contributed by atoms with E-state index in [1.165, 1.54) is 18.4 Å². The zero-order chi connectivity index (χ0) is 11.1. The maximum atomic E-state index is 10.2. The Morgan fingerprint density at radius 1 is 0.938 bits per heavy atom. The van der Waals surface area contributed by atoms with Crippen molar-refractivity contribution in [2.75, 3.05) is 0 Å². The quantitative estimate of drug-likeness (QED) is 0.702. The molecule has 4 atom stereocenters. The molecule has 0 aromatic heterocycles. The molecule has 0 aliphatic heterocycles. The summed E-state index contributed by atoms with van der Waals surface area (Å²) in [5.74, 6) is 0.724. The van der Waals surface area contributed by atoms with E-state index in [0.717, 1.165) is 18.4 Å². The summed E-state index contributed by atoms with van der Waals surface area (Å²) >= 11 is 0. The van der Waals surface area contributed by atoms with E-state index in [1.807, 2.05) is 18.2 Å². The Morgan fingerprint density at radius 2 is 1.62 bits per heavy atom. The number of hydrogen-bond acceptors (Lipinski definition) is 2. The molecule has 16 heavy (non-hydrogen) atoms. The van der Waals surface area contributed by atoms with Crippen LogP contribution in [0.1, 0.15) is 48.8 Å². The van der Waals surface area contributed by atoms with Gasteiger partial charge >= 0.3 is 0 Å². The summed E-state index contributed by atoms with van der Waals surface area (Å²) in [7, 11) is 0. The SMILES string of the molecule is O[C@H]1[C@@H]2CCCC[C@H]2c2ccccc2[C@H]1O. The van der Waals surface area contributed by atoms with Gasteiger partial charge in [-0.2, -0.15) is 0 Å². The highest BCUT2D eigenvalue weighted by Gasteiger charge is 2.41. The lowest BCUT2D eigenvalue weighted by Crippen LogP contribution is -2.39. The van der Waals surface area contributed by atoms with Gasteiger partial charge < -0.3 is 10.2 Å². The van der Waals surface area contributed by atoms with Crippen molar-refractivity contribution in [1.82, 2.24) is 0 Å². The summed E-state index contributed by atoms with van der Waals surface area (Å²) in [6.07, 6.45) is 3.39. The molecule has 1 aromatic rings. The average molecular weight is 218 g/mol. The van der Waals surface area contributed by atoms with Gasteiger partial charge in [0.1, 0.15) is 6.10 Å². The van der Waals surface area contributed by atoms with Crippen LogP contribution in [0.2, 0.25) is 0 Å². The van der Waals surface area contributed by atoms with Crippen molar-refractivity contribution in [3.8, 4) is 0 Å². The highest BCUT2D eigenvalue weighted by Crippen LogP contribution is 2.48. The summed E-state index contributed by atoms with van der Waals surface area (Å²) in [5.41, 5.74) is 2.21. The lowest BCUT2D eigenvalue weighted by molar-refractivity contribution is -0.0465. The zero-order valence-corrected chi connectivity index (χ0v) is 9.34. The number of fused-ring (bicyclic) bond motifs is 3. The van der Waals surface area contributed by atoms with E-state index in [9.17, 15) is 10.2 Å². The van der Waals surface area contributed by atoms with Gasteiger partial charge in [0.2, 0.25) is 0 Å². The van der Waals surface area contributed by atoms with Crippen LogP contribution in [0.4, 0.5) is 0 Å². The molecule has 1 fully saturated rings. The maximum absolute atomic E-state index is 10.2. The van der Waals surface area contributed by atoms with Gasteiger partial charge in [0.05, 0.1) is 6.10 Å². The lowest BCUT2D eigenvalue weighted by Gasteiger charge is -2.42.